The van der Waals surface area contributed by atoms with E-state index in [4.69, 9.17) is 10.5 Å². The second-order valence-corrected chi connectivity index (χ2v) is 4.99. The van der Waals surface area contributed by atoms with Gasteiger partial charge in [-0.3, -0.25) is 0 Å². The Balaban J connectivity index is 2.40. The lowest BCUT2D eigenvalue weighted by molar-refractivity contribution is 0.0223. The summed E-state index contributed by atoms with van der Waals surface area (Å²) in [6.45, 7) is 8.62. The second kappa shape index (κ2) is 6.02. The normalized spacial score (nSPS) is 15.1. The van der Waals surface area contributed by atoms with Crippen molar-refractivity contribution in [3.8, 4) is 0 Å². The first-order valence-electron chi connectivity index (χ1n) is 5.90. The number of hydrogen-bond donors (Lipinski definition) is 1. The summed E-state index contributed by atoms with van der Waals surface area (Å²) in [5.74, 6) is 0.535. The number of nitrogens with two attached hydrogens (primary N) is 1. The van der Waals surface area contributed by atoms with Crippen molar-refractivity contribution in [2.24, 2.45) is 17.1 Å². The topological polar surface area (TPSA) is 35.2 Å². The van der Waals surface area contributed by atoms with Gasteiger partial charge in [0.1, 0.15) is 0 Å². The smallest absolute Gasteiger partial charge is 0.0717 e. The number of hydrogen-bond acceptors (Lipinski definition) is 2. The minimum atomic E-state index is 0.0782. The molecule has 0 saturated heterocycles. The van der Waals surface area contributed by atoms with Crippen LogP contribution in [0.15, 0.2) is 30.3 Å². The van der Waals surface area contributed by atoms with Crippen molar-refractivity contribution in [1.29, 1.82) is 0 Å². The summed E-state index contributed by atoms with van der Waals surface area (Å²) >= 11 is 0. The summed E-state index contributed by atoms with van der Waals surface area (Å²) in [5.41, 5.74) is 7.10. The first-order chi connectivity index (χ1) is 7.58. The lowest BCUT2D eigenvalue weighted by atomic mass is 9.80. The van der Waals surface area contributed by atoms with Crippen LogP contribution in [-0.4, -0.2) is 13.2 Å². The summed E-state index contributed by atoms with van der Waals surface area (Å²) in [6, 6.07) is 10.2. The van der Waals surface area contributed by atoms with Crippen molar-refractivity contribution in [2.45, 2.75) is 27.4 Å². The summed E-state index contributed by atoms with van der Waals surface area (Å²) in [5, 5.41) is 0. The minimum absolute atomic E-state index is 0.0782. The molecule has 0 aliphatic rings. The highest BCUT2D eigenvalue weighted by Crippen LogP contribution is 2.26. The molecule has 0 aromatic heterocycles. The molecule has 2 N–H and O–H groups in total. The molecule has 0 bridgehead atoms. The molecule has 0 aliphatic carbocycles. The fourth-order valence-corrected chi connectivity index (χ4v) is 1.44. The molecule has 0 fully saturated rings. The van der Waals surface area contributed by atoms with Gasteiger partial charge < -0.3 is 10.5 Å². The molecular weight excluding hydrogens is 198 g/mol. The number of rotatable bonds is 6. The van der Waals surface area contributed by atoms with E-state index in [1.807, 2.05) is 18.2 Å². The molecule has 1 unspecified atom stereocenters. The molecular formula is C14H23NO. The maximum atomic E-state index is 5.81. The van der Waals surface area contributed by atoms with Crippen molar-refractivity contribution in [3.05, 3.63) is 35.9 Å². The molecule has 2 heteroatoms. The summed E-state index contributed by atoms with van der Waals surface area (Å²) in [6.07, 6.45) is 0. The predicted molar refractivity (Wildman–Crippen MR) is 68.1 cm³/mol. The Labute approximate surface area is 98.8 Å². The van der Waals surface area contributed by atoms with Crippen LogP contribution in [0.4, 0.5) is 0 Å². The molecule has 1 aromatic rings. The van der Waals surface area contributed by atoms with Crippen molar-refractivity contribution in [1.82, 2.24) is 0 Å². The largest absolute Gasteiger partial charge is 0.376 e. The lowest BCUT2D eigenvalue weighted by Crippen LogP contribution is -2.37. The Morgan fingerprint density at radius 1 is 1.25 bits per heavy atom. The maximum Gasteiger partial charge on any atom is 0.0717 e. The molecule has 0 saturated carbocycles. The van der Waals surface area contributed by atoms with Crippen molar-refractivity contribution < 1.29 is 4.74 Å². The van der Waals surface area contributed by atoms with Gasteiger partial charge >= 0.3 is 0 Å². The number of benzene rings is 1. The molecule has 90 valence electrons. The third-order valence-electron chi connectivity index (χ3n) is 3.40. The van der Waals surface area contributed by atoms with E-state index in [2.05, 4.69) is 32.9 Å². The first kappa shape index (κ1) is 13.2. The average Bonchev–Trinajstić information content (AvgIpc) is 2.30. The van der Waals surface area contributed by atoms with E-state index in [1.54, 1.807) is 0 Å². The van der Waals surface area contributed by atoms with Crippen LogP contribution in [0, 0.1) is 11.3 Å². The third kappa shape index (κ3) is 3.62. The highest BCUT2D eigenvalue weighted by atomic mass is 16.5. The Kier molecular flexibility index (Phi) is 4.97. The Hall–Kier alpha value is -0.860. The second-order valence-electron chi connectivity index (χ2n) is 4.99. The highest BCUT2D eigenvalue weighted by molar-refractivity contribution is 5.13. The Morgan fingerprint density at radius 2 is 1.88 bits per heavy atom. The van der Waals surface area contributed by atoms with Gasteiger partial charge in [0.2, 0.25) is 0 Å². The zero-order valence-corrected chi connectivity index (χ0v) is 10.6. The van der Waals surface area contributed by atoms with Crippen LogP contribution in [0.25, 0.3) is 0 Å². The fraction of sp³-hybridized carbons (Fsp3) is 0.571. The monoisotopic (exact) mass is 221 g/mol. The molecule has 1 rings (SSSR count). The molecule has 1 aromatic carbocycles. The third-order valence-corrected chi connectivity index (χ3v) is 3.40. The van der Waals surface area contributed by atoms with Crippen LogP contribution in [0.2, 0.25) is 0 Å². The first-order valence-corrected chi connectivity index (χ1v) is 5.90. The molecule has 16 heavy (non-hydrogen) atoms. The zero-order valence-electron chi connectivity index (χ0n) is 10.6. The molecule has 0 spiro atoms. The van der Waals surface area contributed by atoms with Gasteiger partial charge in [0, 0.05) is 12.0 Å². The molecule has 1 atom stereocenters. The maximum absolute atomic E-state index is 5.81. The van der Waals surface area contributed by atoms with Crippen LogP contribution in [0.1, 0.15) is 26.3 Å². The average molecular weight is 221 g/mol. The molecule has 0 aliphatic heterocycles. The highest BCUT2D eigenvalue weighted by Gasteiger charge is 2.26. The van der Waals surface area contributed by atoms with Crippen LogP contribution >= 0.6 is 0 Å². The van der Waals surface area contributed by atoms with Gasteiger partial charge in [0.05, 0.1) is 13.2 Å². The molecule has 0 heterocycles. The van der Waals surface area contributed by atoms with E-state index in [9.17, 15) is 0 Å². The molecule has 0 radical (unpaired) electrons. The van der Waals surface area contributed by atoms with E-state index in [0.29, 0.717) is 19.1 Å². The van der Waals surface area contributed by atoms with E-state index < -0.39 is 0 Å². The Morgan fingerprint density at radius 3 is 2.38 bits per heavy atom. The van der Waals surface area contributed by atoms with Crippen molar-refractivity contribution >= 4 is 0 Å². The summed E-state index contributed by atoms with van der Waals surface area (Å²) in [4.78, 5) is 0. The predicted octanol–water partition coefficient (Wildman–Crippen LogP) is 2.82. The van der Waals surface area contributed by atoms with E-state index in [1.165, 1.54) is 5.56 Å². The zero-order chi connectivity index (χ0) is 12.0. The van der Waals surface area contributed by atoms with Crippen molar-refractivity contribution in [3.63, 3.8) is 0 Å². The van der Waals surface area contributed by atoms with Gasteiger partial charge in [-0.1, -0.05) is 51.1 Å². The van der Waals surface area contributed by atoms with Crippen LogP contribution in [-0.2, 0) is 11.3 Å². The number of ether oxygens (including phenoxy) is 1. The van der Waals surface area contributed by atoms with Crippen molar-refractivity contribution in [2.75, 3.05) is 13.2 Å². The van der Waals surface area contributed by atoms with Crippen LogP contribution in [0.3, 0.4) is 0 Å². The van der Waals surface area contributed by atoms with Gasteiger partial charge in [0.15, 0.2) is 0 Å². The lowest BCUT2D eigenvalue weighted by Gasteiger charge is -2.32. The van der Waals surface area contributed by atoms with Crippen LogP contribution < -0.4 is 5.73 Å². The molecule has 0 amide bonds. The standard InChI is InChI=1S/C14H23NO/c1-12(2)14(3,10-15)11-16-9-13-7-5-4-6-8-13/h4-8,12H,9-11,15H2,1-3H3. The molecule has 2 nitrogen and oxygen atoms in total. The fourth-order valence-electron chi connectivity index (χ4n) is 1.44. The van der Waals surface area contributed by atoms with E-state index in [0.717, 1.165) is 6.61 Å². The van der Waals surface area contributed by atoms with Gasteiger partial charge in [-0.05, 0) is 11.5 Å². The van der Waals surface area contributed by atoms with E-state index in [-0.39, 0.29) is 5.41 Å². The van der Waals surface area contributed by atoms with Gasteiger partial charge in [-0.25, -0.2) is 0 Å². The van der Waals surface area contributed by atoms with Gasteiger partial charge in [-0.2, -0.15) is 0 Å². The minimum Gasteiger partial charge on any atom is -0.376 e. The quantitative estimate of drug-likeness (QED) is 0.801. The van der Waals surface area contributed by atoms with Gasteiger partial charge in [-0.15, -0.1) is 0 Å². The van der Waals surface area contributed by atoms with E-state index >= 15 is 0 Å². The van der Waals surface area contributed by atoms with Crippen LogP contribution in [0.5, 0.6) is 0 Å². The van der Waals surface area contributed by atoms with Gasteiger partial charge in [0.25, 0.3) is 0 Å². The summed E-state index contributed by atoms with van der Waals surface area (Å²) < 4.78 is 5.76. The SMILES string of the molecule is CC(C)C(C)(CN)COCc1ccccc1. The Bertz CT molecular complexity index is 297. The summed E-state index contributed by atoms with van der Waals surface area (Å²) in [7, 11) is 0.